The Morgan fingerprint density at radius 2 is 0.473 bits per heavy atom. The average molecular weight is 1240 g/mol. The van der Waals surface area contributed by atoms with Gasteiger partial charge in [0.05, 0.1) is 0 Å². The number of nitrogens with zero attached hydrogens (tertiary/aromatic N) is 3. The van der Waals surface area contributed by atoms with Gasteiger partial charge in [-0.3, -0.25) is 14.7 Å². The molecule has 0 aromatic carbocycles. The van der Waals surface area contributed by atoms with Crippen LogP contribution in [0, 0.1) is 158 Å². The lowest BCUT2D eigenvalue weighted by molar-refractivity contribution is -0.00233. The summed E-state index contributed by atoms with van der Waals surface area (Å²) in [6, 6.07) is 7.82. The van der Waals surface area contributed by atoms with Crippen molar-refractivity contribution in [1.82, 2.24) is 14.7 Å². The number of hydrogen-bond acceptors (Lipinski definition) is 3. The van der Waals surface area contributed by atoms with Crippen LogP contribution in [0.3, 0.4) is 0 Å². The third-order valence-corrected chi connectivity index (χ3v) is 38.4. The number of likely N-dealkylation sites (tertiary alicyclic amines) is 3. The van der Waals surface area contributed by atoms with Gasteiger partial charge >= 0.3 is 0 Å². The van der Waals surface area contributed by atoms with E-state index in [4.69, 9.17) is 0 Å². The monoisotopic (exact) mass is 1240 g/mol. The highest BCUT2D eigenvalue weighted by atomic mass is 15.3. The Morgan fingerprint density at radius 3 is 0.736 bits per heavy atom. The van der Waals surface area contributed by atoms with Crippen molar-refractivity contribution in [3.63, 3.8) is 0 Å². The lowest BCUT2D eigenvalue weighted by Gasteiger charge is -2.58. The van der Waals surface area contributed by atoms with E-state index in [0.29, 0.717) is 16.2 Å². The Kier molecular flexibility index (Phi) is 16.3. The molecular weight excluding hydrogens is 1100 g/mol. The van der Waals surface area contributed by atoms with Gasteiger partial charge in [0.1, 0.15) is 0 Å². The van der Waals surface area contributed by atoms with Crippen LogP contribution in [0.5, 0.6) is 0 Å². The van der Waals surface area contributed by atoms with Crippen molar-refractivity contribution in [3.8, 4) is 0 Å². The van der Waals surface area contributed by atoms with Crippen LogP contribution in [0.2, 0.25) is 17.5 Å². The first-order chi connectivity index (χ1) is 43.9. The zero-order valence-electron chi connectivity index (χ0n) is 61.7. The standard InChI is InChI=1S/C87H144BN3/c1-49-43-55(89-70-34-22-16-28-64(70)76-73(89)40-37-61-58-25-13-19-31-67(58)85(7,8)79(61)76)44-50(2)82(49)88(83-51(3)45-56(46-52(83)4)90-71-35-23-17-29-65(71)77-74(90)41-38-62-59-26-14-20-32-68(59)86(9,10)80(62)77)84-53(5)47-57(48-54(84)6)91-72-36-24-18-30-66(72)78-75(91)42-39-63-60-27-15-21-33-69(60)87(11,12)81(63)78/h49-84H,13-48H2,1-12H3. The molecule has 0 N–H and O–H groups in total. The van der Waals surface area contributed by atoms with E-state index >= 15 is 0 Å². The van der Waals surface area contributed by atoms with Gasteiger partial charge in [0.15, 0.2) is 6.71 Å². The Labute approximate surface area is 562 Å². The molecule has 4 heteroatoms. The zero-order valence-corrected chi connectivity index (χ0v) is 61.7. The molecule has 0 amide bonds. The van der Waals surface area contributed by atoms with E-state index in [0.717, 1.165) is 221 Å². The van der Waals surface area contributed by atoms with Crippen LogP contribution in [-0.2, 0) is 0 Å². The van der Waals surface area contributed by atoms with E-state index in [2.05, 4.69) is 97.8 Å². The third kappa shape index (κ3) is 9.34. The summed E-state index contributed by atoms with van der Waals surface area (Å²) in [6.45, 7) is 35.7. The highest BCUT2D eigenvalue weighted by molar-refractivity contribution is 6.64. The van der Waals surface area contributed by atoms with Crippen LogP contribution in [0.1, 0.15) is 314 Å². The molecule has 18 aliphatic rings. The zero-order chi connectivity index (χ0) is 62.0. The van der Waals surface area contributed by atoms with E-state index in [1.165, 1.54) is 135 Å². The van der Waals surface area contributed by atoms with Crippen molar-refractivity contribution in [2.75, 3.05) is 0 Å². The summed E-state index contributed by atoms with van der Waals surface area (Å²) in [5, 5.41) is 0. The van der Waals surface area contributed by atoms with Gasteiger partial charge in [0.25, 0.3) is 0 Å². The number of fused-ring (bicyclic) bond motifs is 21. The molecule has 510 valence electrons. The quantitative estimate of drug-likeness (QED) is 0.245. The maximum atomic E-state index is 3.50. The lowest BCUT2D eigenvalue weighted by atomic mass is 9.18. The lowest BCUT2D eigenvalue weighted by Crippen LogP contribution is -2.58. The van der Waals surface area contributed by atoms with Crippen molar-refractivity contribution in [2.45, 2.75) is 386 Å². The summed E-state index contributed by atoms with van der Waals surface area (Å²) in [5.41, 5.74) is 1.63. The molecule has 30 atom stereocenters. The van der Waals surface area contributed by atoms with Gasteiger partial charge in [-0.1, -0.05) is 178 Å². The van der Waals surface area contributed by atoms with E-state index in [-0.39, 0.29) is 0 Å². The minimum Gasteiger partial charge on any atom is -0.294 e. The van der Waals surface area contributed by atoms with Crippen LogP contribution in [0.25, 0.3) is 0 Å². The van der Waals surface area contributed by atoms with Gasteiger partial charge in [0.2, 0.25) is 0 Å². The smallest absolute Gasteiger partial charge is 0.151 e. The van der Waals surface area contributed by atoms with Crippen LogP contribution in [0.15, 0.2) is 0 Å². The minimum atomic E-state index is 0.542. The second kappa shape index (κ2) is 23.5. The molecule has 0 bridgehead atoms. The SMILES string of the molecule is CC1CC(N2C3CCCCC3C3C2CCC2C4CCCCC4C(C)(C)C23)CC(C)C1B(C1C(C)CC(N2C3CCCCC3C3C2CCC2C4CCCCC4C(C)(C)C23)CC1C)C1C(C)CC(N2C3CCCCC3C3C2CCC2C4CCCCC4C(C)(C)C23)CC1C. The normalized spacial score (nSPS) is 57.8. The fourth-order valence-electron chi connectivity index (χ4n) is 37.1. The van der Waals surface area contributed by atoms with Crippen LogP contribution in [0.4, 0.5) is 0 Å². The molecule has 15 saturated carbocycles. The maximum absolute atomic E-state index is 3.50. The molecule has 0 aromatic heterocycles. The molecule has 91 heavy (non-hydrogen) atoms. The molecule has 3 aliphatic heterocycles. The first-order valence-electron chi connectivity index (χ1n) is 43.3. The summed E-state index contributed by atoms with van der Waals surface area (Å²) >= 11 is 0. The second-order valence-electron chi connectivity index (χ2n) is 42.3. The summed E-state index contributed by atoms with van der Waals surface area (Å²) in [4.78, 5) is 10.5. The molecule has 3 heterocycles. The van der Waals surface area contributed by atoms with Crippen molar-refractivity contribution in [3.05, 3.63) is 0 Å². The van der Waals surface area contributed by atoms with Gasteiger partial charge in [0, 0.05) is 54.4 Å². The van der Waals surface area contributed by atoms with Crippen LogP contribution in [-0.4, -0.2) is 75.8 Å². The van der Waals surface area contributed by atoms with Gasteiger partial charge in [-0.15, -0.1) is 0 Å². The second-order valence-corrected chi connectivity index (χ2v) is 42.3. The Bertz CT molecular complexity index is 2290. The molecule has 18 rings (SSSR count). The molecule has 3 saturated heterocycles. The molecular formula is C87H144BN3. The fourth-order valence-corrected chi connectivity index (χ4v) is 37.1. The Balaban J connectivity index is 0.657. The van der Waals surface area contributed by atoms with Gasteiger partial charge < -0.3 is 0 Å². The summed E-state index contributed by atoms with van der Waals surface area (Å²) in [7, 11) is 0. The van der Waals surface area contributed by atoms with E-state index < -0.39 is 0 Å². The van der Waals surface area contributed by atoms with E-state index in [1.54, 1.807) is 96.3 Å². The summed E-state index contributed by atoms with van der Waals surface area (Å²) in [5.74, 6) is 25.9. The molecule has 0 aromatic rings. The third-order valence-electron chi connectivity index (χ3n) is 38.4. The molecule has 0 radical (unpaired) electrons. The first-order valence-corrected chi connectivity index (χ1v) is 43.3. The van der Waals surface area contributed by atoms with Crippen LogP contribution < -0.4 is 0 Å². The molecule has 3 nitrogen and oxygen atoms in total. The van der Waals surface area contributed by atoms with E-state index in [1.807, 2.05) is 0 Å². The number of rotatable bonds is 6. The maximum Gasteiger partial charge on any atom is 0.151 e. The first kappa shape index (κ1) is 63.1. The Morgan fingerprint density at radius 1 is 0.242 bits per heavy atom. The minimum absolute atomic E-state index is 0.542. The predicted molar refractivity (Wildman–Crippen MR) is 382 cm³/mol. The molecule has 0 spiro atoms. The summed E-state index contributed by atoms with van der Waals surface area (Å²) < 4.78 is 0. The molecule has 30 unspecified atom stereocenters. The Hall–Kier alpha value is -0.0551. The largest absolute Gasteiger partial charge is 0.294 e. The van der Waals surface area contributed by atoms with Gasteiger partial charge in [-0.05, 0) is 312 Å². The van der Waals surface area contributed by atoms with Crippen molar-refractivity contribution in [2.24, 2.45) is 158 Å². The van der Waals surface area contributed by atoms with Crippen molar-refractivity contribution >= 4 is 6.71 Å². The highest BCUT2D eigenvalue weighted by Crippen LogP contribution is 2.74. The van der Waals surface area contributed by atoms with Crippen molar-refractivity contribution in [1.29, 1.82) is 0 Å². The average Bonchev–Trinajstić information content (AvgIpc) is 1.57. The highest BCUT2D eigenvalue weighted by Gasteiger charge is 2.71. The van der Waals surface area contributed by atoms with E-state index in [9.17, 15) is 0 Å². The fraction of sp³-hybridized carbons (Fsp3) is 1.00. The van der Waals surface area contributed by atoms with Gasteiger partial charge in [-0.2, -0.15) is 0 Å². The van der Waals surface area contributed by atoms with Crippen LogP contribution >= 0.6 is 0 Å². The number of hydrogen-bond donors (Lipinski definition) is 0. The molecule has 15 aliphatic carbocycles. The molecule has 18 fully saturated rings. The topological polar surface area (TPSA) is 9.72 Å². The van der Waals surface area contributed by atoms with Crippen molar-refractivity contribution < 1.29 is 0 Å². The predicted octanol–water partition coefficient (Wildman–Crippen LogP) is 22.1. The summed E-state index contributed by atoms with van der Waals surface area (Å²) in [6.07, 6.45) is 55.5. The van der Waals surface area contributed by atoms with Gasteiger partial charge in [-0.25, -0.2) is 0 Å².